The zero-order valence-electron chi connectivity index (χ0n) is 8.11. The number of hydrogen-bond donors (Lipinski definition) is 1. The predicted octanol–water partition coefficient (Wildman–Crippen LogP) is 2.14. The Bertz CT molecular complexity index is 281. The maximum Gasteiger partial charge on any atom is 0.137 e. The second-order valence-electron chi connectivity index (χ2n) is 3.01. The number of methoxy groups -OCH3 is 1. The normalized spacial score (nSPS) is 12.5. The maximum absolute atomic E-state index is 9.72. The summed E-state index contributed by atoms with van der Waals surface area (Å²) >= 11 is 5.54. The van der Waals surface area contributed by atoms with E-state index in [-0.39, 0.29) is 0 Å². The Kier molecular flexibility index (Phi) is 4.70. The number of rotatable bonds is 5. The van der Waals surface area contributed by atoms with Crippen LogP contribution >= 0.6 is 11.6 Å². The van der Waals surface area contributed by atoms with Gasteiger partial charge in [0.05, 0.1) is 19.4 Å². The fraction of sp³-hybridized carbons (Fsp3) is 0.500. The molecule has 0 bridgehead atoms. The molecule has 1 heterocycles. The summed E-state index contributed by atoms with van der Waals surface area (Å²) in [5, 5.41) is 9.72. The van der Waals surface area contributed by atoms with Gasteiger partial charge in [-0.15, -0.1) is 11.6 Å². The van der Waals surface area contributed by atoms with Crippen LogP contribution in [0.15, 0.2) is 18.5 Å². The number of aromatic nitrogens is 1. The van der Waals surface area contributed by atoms with Crippen LogP contribution in [0.3, 0.4) is 0 Å². The standard InChI is InChI=1S/C10H14ClNO2/c1-14-9-5-8(6-12-7-9)10(13)3-2-4-11/h5-7,10,13H,2-4H2,1H3. The van der Waals surface area contributed by atoms with Crippen LogP contribution in [-0.4, -0.2) is 23.1 Å². The monoisotopic (exact) mass is 215 g/mol. The largest absolute Gasteiger partial charge is 0.495 e. The van der Waals surface area contributed by atoms with Crippen molar-refractivity contribution in [3.8, 4) is 5.75 Å². The molecule has 0 saturated heterocycles. The molecule has 1 rings (SSSR count). The van der Waals surface area contributed by atoms with Gasteiger partial charge < -0.3 is 9.84 Å². The van der Waals surface area contributed by atoms with Crippen molar-refractivity contribution in [2.24, 2.45) is 0 Å². The quantitative estimate of drug-likeness (QED) is 0.766. The molecular weight excluding hydrogens is 202 g/mol. The number of alkyl halides is 1. The molecular formula is C10H14ClNO2. The van der Waals surface area contributed by atoms with Gasteiger partial charge in [-0.2, -0.15) is 0 Å². The zero-order chi connectivity index (χ0) is 10.4. The van der Waals surface area contributed by atoms with Crippen LogP contribution in [0.1, 0.15) is 24.5 Å². The van der Waals surface area contributed by atoms with E-state index in [1.165, 1.54) is 0 Å². The Morgan fingerprint density at radius 1 is 1.57 bits per heavy atom. The average Bonchev–Trinajstić information content (AvgIpc) is 2.26. The first kappa shape index (κ1) is 11.3. The summed E-state index contributed by atoms with van der Waals surface area (Å²) in [6.07, 6.45) is 4.19. The topological polar surface area (TPSA) is 42.4 Å². The van der Waals surface area contributed by atoms with Crippen LogP contribution in [0.5, 0.6) is 5.75 Å². The van der Waals surface area contributed by atoms with Gasteiger partial charge in [0.15, 0.2) is 0 Å². The highest BCUT2D eigenvalue weighted by atomic mass is 35.5. The summed E-state index contributed by atoms with van der Waals surface area (Å²) in [5.74, 6) is 1.22. The van der Waals surface area contributed by atoms with Crippen LogP contribution in [0.2, 0.25) is 0 Å². The molecule has 0 aliphatic carbocycles. The van der Waals surface area contributed by atoms with Crippen LogP contribution in [-0.2, 0) is 0 Å². The Balaban J connectivity index is 2.64. The number of ether oxygens (including phenoxy) is 1. The highest BCUT2D eigenvalue weighted by Gasteiger charge is 2.08. The molecule has 4 heteroatoms. The van der Waals surface area contributed by atoms with Gasteiger partial charge in [0.25, 0.3) is 0 Å². The van der Waals surface area contributed by atoms with Gasteiger partial charge in [-0.25, -0.2) is 0 Å². The van der Waals surface area contributed by atoms with Crippen LogP contribution in [0.25, 0.3) is 0 Å². The summed E-state index contributed by atoms with van der Waals surface area (Å²) in [7, 11) is 1.58. The van der Waals surface area contributed by atoms with Crippen molar-refractivity contribution in [1.82, 2.24) is 4.98 Å². The number of pyridine rings is 1. The lowest BCUT2D eigenvalue weighted by Crippen LogP contribution is -1.99. The third kappa shape index (κ3) is 3.16. The van der Waals surface area contributed by atoms with E-state index in [9.17, 15) is 5.11 Å². The molecule has 78 valence electrons. The highest BCUT2D eigenvalue weighted by Crippen LogP contribution is 2.21. The average molecular weight is 216 g/mol. The summed E-state index contributed by atoms with van der Waals surface area (Å²) in [4.78, 5) is 3.97. The molecule has 1 aromatic rings. The predicted molar refractivity (Wildman–Crippen MR) is 55.7 cm³/mol. The summed E-state index contributed by atoms with van der Waals surface area (Å²) in [5.41, 5.74) is 0.773. The maximum atomic E-state index is 9.72. The van der Waals surface area contributed by atoms with Crippen molar-refractivity contribution in [2.75, 3.05) is 13.0 Å². The van der Waals surface area contributed by atoms with E-state index in [0.29, 0.717) is 18.1 Å². The van der Waals surface area contributed by atoms with E-state index in [4.69, 9.17) is 16.3 Å². The Morgan fingerprint density at radius 3 is 3.00 bits per heavy atom. The van der Waals surface area contributed by atoms with Crippen LogP contribution in [0, 0.1) is 0 Å². The second-order valence-corrected chi connectivity index (χ2v) is 3.38. The summed E-state index contributed by atoms with van der Waals surface area (Å²) in [6.45, 7) is 0. The molecule has 1 N–H and O–H groups in total. The minimum absolute atomic E-state index is 0.503. The van der Waals surface area contributed by atoms with Crippen LogP contribution < -0.4 is 4.74 Å². The van der Waals surface area contributed by atoms with E-state index < -0.39 is 6.10 Å². The van der Waals surface area contributed by atoms with Crippen molar-refractivity contribution in [1.29, 1.82) is 0 Å². The van der Waals surface area contributed by atoms with Crippen molar-refractivity contribution < 1.29 is 9.84 Å². The third-order valence-corrected chi connectivity index (χ3v) is 2.23. The lowest BCUT2D eigenvalue weighted by Gasteiger charge is -2.10. The van der Waals surface area contributed by atoms with Gasteiger partial charge in [0, 0.05) is 17.6 Å². The summed E-state index contributed by atoms with van der Waals surface area (Å²) in [6, 6.07) is 1.78. The molecule has 0 amide bonds. The number of aliphatic hydroxyl groups excluding tert-OH is 1. The smallest absolute Gasteiger partial charge is 0.137 e. The van der Waals surface area contributed by atoms with Gasteiger partial charge in [-0.05, 0) is 18.9 Å². The number of aliphatic hydroxyl groups is 1. The highest BCUT2D eigenvalue weighted by molar-refractivity contribution is 6.17. The van der Waals surface area contributed by atoms with E-state index >= 15 is 0 Å². The van der Waals surface area contributed by atoms with E-state index in [1.807, 2.05) is 0 Å². The minimum atomic E-state index is -0.503. The number of halogens is 1. The lowest BCUT2D eigenvalue weighted by atomic mass is 10.1. The van der Waals surface area contributed by atoms with E-state index in [1.54, 1.807) is 25.6 Å². The molecule has 1 atom stereocenters. The third-order valence-electron chi connectivity index (χ3n) is 1.97. The van der Waals surface area contributed by atoms with E-state index in [2.05, 4.69) is 4.98 Å². The van der Waals surface area contributed by atoms with Crippen molar-refractivity contribution in [2.45, 2.75) is 18.9 Å². The second kappa shape index (κ2) is 5.83. The van der Waals surface area contributed by atoms with E-state index in [0.717, 1.165) is 12.0 Å². The molecule has 3 nitrogen and oxygen atoms in total. The molecule has 0 aliphatic heterocycles. The molecule has 0 aromatic carbocycles. The fourth-order valence-corrected chi connectivity index (χ4v) is 1.32. The van der Waals surface area contributed by atoms with Crippen molar-refractivity contribution in [3.05, 3.63) is 24.0 Å². The van der Waals surface area contributed by atoms with Crippen molar-refractivity contribution >= 4 is 11.6 Å². The Hall–Kier alpha value is -0.800. The van der Waals surface area contributed by atoms with Gasteiger partial charge >= 0.3 is 0 Å². The SMILES string of the molecule is COc1cncc(C(O)CCCCl)c1. The van der Waals surface area contributed by atoms with Gasteiger partial charge in [-0.1, -0.05) is 0 Å². The van der Waals surface area contributed by atoms with Gasteiger partial charge in [0.2, 0.25) is 0 Å². The molecule has 0 radical (unpaired) electrons. The Morgan fingerprint density at radius 2 is 2.36 bits per heavy atom. The lowest BCUT2D eigenvalue weighted by molar-refractivity contribution is 0.166. The van der Waals surface area contributed by atoms with Crippen LogP contribution in [0.4, 0.5) is 0 Å². The van der Waals surface area contributed by atoms with Crippen molar-refractivity contribution in [3.63, 3.8) is 0 Å². The van der Waals surface area contributed by atoms with Gasteiger partial charge in [-0.3, -0.25) is 4.98 Å². The molecule has 0 spiro atoms. The molecule has 14 heavy (non-hydrogen) atoms. The molecule has 0 fully saturated rings. The first-order valence-corrected chi connectivity index (χ1v) is 5.04. The molecule has 0 saturated carbocycles. The summed E-state index contributed by atoms with van der Waals surface area (Å²) < 4.78 is 5.01. The molecule has 1 unspecified atom stereocenters. The van der Waals surface area contributed by atoms with Gasteiger partial charge in [0.1, 0.15) is 5.75 Å². The first-order chi connectivity index (χ1) is 6.77. The molecule has 0 aliphatic rings. The molecule has 1 aromatic heterocycles. The first-order valence-electron chi connectivity index (χ1n) is 4.51. The minimum Gasteiger partial charge on any atom is -0.495 e. The zero-order valence-corrected chi connectivity index (χ0v) is 8.87. The fourth-order valence-electron chi connectivity index (χ4n) is 1.17. The number of nitrogens with zero attached hydrogens (tertiary/aromatic N) is 1. The Labute approximate surface area is 88.7 Å². The number of hydrogen-bond acceptors (Lipinski definition) is 3.